The SMILES string of the molecule is CCCCC/C=C\C/C=C\CCCCCCCC(=O)OCC(COC(=O)CCCCCCCCCCCCCCCCCCCCCCCCCC)OC(=O)CCCCCCCCCCC/C=C\CCCCCCCC. The number of carbonyl (C=O) groups is 3. The number of allylic oxidation sites excluding steroid dienone is 6. The van der Waals surface area contributed by atoms with Gasteiger partial charge in [0, 0.05) is 19.3 Å². The highest BCUT2D eigenvalue weighted by Gasteiger charge is 2.19. The second-order valence-corrected chi connectivity index (χ2v) is 23.1. The first-order valence-electron chi connectivity index (χ1n) is 34.0. The van der Waals surface area contributed by atoms with E-state index in [-0.39, 0.29) is 31.1 Å². The largest absolute Gasteiger partial charge is 0.462 e. The van der Waals surface area contributed by atoms with Crippen molar-refractivity contribution in [3.8, 4) is 0 Å². The van der Waals surface area contributed by atoms with Gasteiger partial charge in [-0.2, -0.15) is 0 Å². The Morgan fingerprint density at radius 3 is 0.763 bits per heavy atom. The highest BCUT2D eigenvalue weighted by molar-refractivity contribution is 5.71. The van der Waals surface area contributed by atoms with Gasteiger partial charge in [0.25, 0.3) is 0 Å². The summed E-state index contributed by atoms with van der Waals surface area (Å²) in [7, 11) is 0. The molecule has 0 fully saturated rings. The fraction of sp³-hybridized carbons (Fsp3) is 0.871. The summed E-state index contributed by atoms with van der Waals surface area (Å²) in [5.74, 6) is -0.863. The maximum atomic E-state index is 12.9. The van der Waals surface area contributed by atoms with E-state index in [2.05, 4.69) is 57.2 Å². The Bertz CT molecular complexity index is 1270. The van der Waals surface area contributed by atoms with Gasteiger partial charge in [0.1, 0.15) is 13.2 Å². The molecule has 1 atom stereocenters. The van der Waals surface area contributed by atoms with Crippen molar-refractivity contribution >= 4 is 17.9 Å². The molecule has 0 aliphatic carbocycles. The first-order valence-corrected chi connectivity index (χ1v) is 34.0. The fourth-order valence-corrected chi connectivity index (χ4v) is 10.2. The predicted octanol–water partition coefficient (Wildman–Crippen LogP) is 23.2. The van der Waals surface area contributed by atoms with Gasteiger partial charge in [-0.05, 0) is 77.0 Å². The van der Waals surface area contributed by atoms with Gasteiger partial charge in [0.05, 0.1) is 0 Å². The van der Waals surface area contributed by atoms with Gasteiger partial charge in [-0.25, -0.2) is 0 Å². The van der Waals surface area contributed by atoms with E-state index < -0.39 is 6.10 Å². The maximum Gasteiger partial charge on any atom is 0.306 e. The molecular weight excluding hydrogens is 937 g/mol. The molecule has 76 heavy (non-hydrogen) atoms. The second-order valence-electron chi connectivity index (χ2n) is 23.1. The molecule has 0 aliphatic rings. The zero-order chi connectivity index (χ0) is 55.0. The van der Waals surface area contributed by atoms with E-state index in [1.165, 1.54) is 257 Å². The zero-order valence-corrected chi connectivity index (χ0v) is 51.3. The molecule has 446 valence electrons. The summed E-state index contributed by atoms with van der Waals surface area (Å²) in [4.78, 5) is 38.4. The molecule has 6 nitrogen and oxygen atoms in total. The molecule has 0 saturated carbocycles. The van der Waals surface area contributed by atoms with Gasteiger partial charge >= 0.3 is 17.9 Å². The zero-order valence-electron chi connectivity index (χ0n) is 51.3. The van der Waals surface area contributed by atoms with Gasteiger partial charge in [0.15, 0.2) is 6.10 Å². The average Bonchev–Trinajstić information content (AvgIpc) is 3.42. The number of carbonyl (C=O) groups excluding carboxylic acids is 3. The third-order valence-electron chi connectivity index (χ3n) is 15.4. The Hall–Kier alpha value is -2.37. The van der Waals surface area contributed by atoms with Crippen LogP contribution in [0.25, 0.3) is 0 Å². The van der Waals surface area contributed by atoms with Crippen molar-refractivity contribution in [2.75, 3.05) is 13.2 Å². The van der Waals surface area contributed by atoms with Crippen molar-refractivity contribution in [3.63, 3.8) is 0 Å². The minimum atomic E-state index is -0.778. The summed E-state index contributed by atoms with van der Waals surface area (Å²) in [6, 6.07) is 0. The number of esters is 3. The van der Waals surface area contributed by atoms with Gasteiger partial charge in [-0.15, -0.1) is 0 Å². The molecule has 0 bridgehead atoms. The Kier molecular flexibility index (Phi) is 63.1. The van der Waals surface area contributed by atoms with Crippen LogP contribution in [0.2, 0.25) is 0 Å². The minimum Gasteiger partial charge on any atom is -0.462 e. The van der Waals surface area contributed by atoms with Crippen LogP contribution >= 0.6 is 0 Å². The average molecular weight is 1070 g/mol. The number of ether oxygens (including phenoxy) is 3. The molecule has 0 aromatic carbocycles. The number of hydrogen-bond donors (Lipinski definition) is 0. The second kappa shape index (κ2) is 65.2. The van der Waals surface area contributed by atoms with Crippen LogP contribution in [-0.2, 0) is 28.6 Å². The number of rotatable bonds is 63. The van der Waals surface area contributed by atoms with E-state index in [0.29, 0.717) is 19.3 Å². The van der Waals surface area contributed by atoms with Crippen LogP contribution in [0.3, 0.4) is 0 Å². The lowest BCUT2D eigenvalue weighted by Gasteiger charge is -2.18. The van der Waals surface area contributed by atoms with Crippen LogP contribution < -0.4 is 0 Å². The predicted molar refractivity (Wildman–Crippen MR) is 330 cm³/mol. The molecule has 0 aliphatic heterocycles. The van der Waals surface area contributed by atoms with E-state index in [9.17, 15) is 14.4 Å². The van der Waals surface area contributed by atoms with E-state index in [4.69, 9.17) is 14.2 Å². The molecule has 0 heterocycles. The molecule has 0 aromatic rings. The molecule has 0 N–H and O–H groups in total. The van der Waals surface area contributed by atoms with Gasteiger partial charge < -0.3 is 14.2 Å². The Morgan fingerprint density at radius 2 is 0.474 bits per heavy atom. The first kappa shape index (κ1) is 73.6. The molecular formula is C70H130O6. The minimum absolute atomic E-state index is 0.0730. The van der Waals surface area contributed by atoms with Crippen molar-refractivity contribution in [3.05, 3.63) is 36.5 Å². The Labute approximate surface area is 474 Å². The normalized spacial score (nSPS) is 12.2. The highest BCUT2D eigenvalue weighted by Crippen LogP contribution is 2.18. The van der Waals surface area contributed by atoms with Crippen LogP contribution in [-0.4, -0.2) is 37.2 Å². The third-order valence-corrected chi connectivity index (χ3v) is 15.4. The van der Waals surface area contributed by atoms with Crippen molar-refractivity contribution in [2.24, 2.45) is 0 Å². The topological polar surface area (TPSA) is 78.9 Å². The van der Waals surface area contributed by atoms with E-state index in [1.54, 1.807) is 0 Å². The van der Waals surface area contributed by atoms with E-state index in [0.717, 1.165) is 77.0 Å². The van der Waals surface area contributed by atoms with E-state index in [1.807, 2.05) is 0 Å². The van der Waals surface area contributed by atoms with E-state index >= 15 is 0 Å². The Morgan fingerprint density at radius 1 is 0.263 bits per heavy atom. The van der Waals surface area contributed by atoms with Crippen molar-refractivity contribution in [2.45, 2.75) is 380 Å². The van der Waals surface area contributed by atoms with Crippen LogP contribution in [0.5, 0.6) is 0 Å². The summed E-state index contributed by atoms with van der Waals surface area (Å²) in [6.07, 6.45) is 80.2. The molecule has 0 radical (unpaired) electrons. The van der Waals surface area contributed by atoms with Gasteiger partial charge in [0.2, 0.25) is 0 Å². The number of unbranched alkanes of at least 4 members (excludes halogenated alkanes) is 46. The van der Waals surface area contributed by atoms with Crippen molar-refractivity contribution < 1.29 is 28.6 Å². The fourth-order valence-electron chi connectivity index (χ4n) is 10.2. The summed E-state index contributed by atoms with van der Waals surface area (Å²) in [5, 5.41) is 0. The summed E-state index contributed by atoms with van der Waals surface area (Å²) in [6.45, 7) is 6.67. The number of hydrogen-bond acceptors (Lipinski definition) is 6. The lowest BCUT2D eigenvalue weighted by molar-refractivity contribution is -0.167. The molecule has 0 aromatic heterocycles. The summed E-state index contributed by atoms with van der Waals surface area (Å²) in [5.41, 5.74) is 0. The monoisotopic (exact) mass is 1070 g/mol. The smallest absolute Gasteiger partial charge is 0.306 e. The quantitative estimate of drug-likeness (QED) is 0.0261. The molecule has 0 rings (SSSR count). The van der Waals surface area contributed by atoms with Crippen molar-refractivity contribution in [1.29, 1.82) is 0 Å². The Balaban J connectivity index is 4.28. The van der Waals surface area contributed by atoms with Crippen LogP contribution in [0, 0.1) is 0 Å². The highest BCUT2D eigenvalue weighted by atomic mass is 16.6. The summed E-state index contributed by atoms with van der Waals surface area (Å²) >= 11 is 0. The molecule has 0 spiro atoms. The molecule has 0 amide bonds. The standard InChI is InChI=1S/C70H130O6/c1-4-7-10-13-16-19-22-25-28-30-32-33-34-35-36-38-39-42-45-48-51-54-57-60-63-69(72)75-66-67(65-74-68(71)62-59-56-53-50-47-44-41-27-24-21-18-15-12-9-6-3)76-70(73)64-61-58-55-52-49-46-43-40-37-31-29-26-23-20-17-14-11-8-5-2/h18,21,26-27,29,41,67H,4-17,19-20,22-25,28,30-40,42-66H2,1-3H3/b21-18-,29-26-,41-27-. The van der Waals surface area contributed by atoms with Gasteiger partial charge in [-0.3, -0.25) is 14.4 Å². The lowest BCUT2D eigenvalue weighted by atomic mass is 10.0. The lowest BCUT2D eigenvalue weighted by Crippen LogP contribution is -2.30. The summed E-state index contributed by atoms with van der Waals surface area (Å²) < 4.78 is 17.0. The van der Waals surface area contributed by atoms with Crippen LogP contribution in [0.15, 0.2) is 36.5 Å². The van der Waals surface area contributed by atoms with Gasteiger partial charge in [-0.1, -0.05) is 314 Å². The molecule has 0 saturated heterocycles. The molecule has 1 unspecified atom stereocenters. The maximum absolute atomic E-state index is 12.9. The molecule has 6 heteroatoms. The third kappa shape index (κ3) is 62.5. The van der Waals surface area contributed by atoms with Crippen molar-refractivity contribution in [1.82, 2.24) is 0 Å². The van der Waals surface area contributed by atoms with Crippen LogP contribution in [0.4, 0.5) is 0 Å². The van der Waals surface area contributed by atoms with Crippen LogP contribution in [0.1, 0.15) is 374 Å². The first-order chi connectivity index (χ1) is 37.5.